The van der Waals surface area contributed by atoms with E-state index in [-0.39, 0.29) is 23.5 Å². The number of sulfonamides is 1. The largest absolute Gasteiger partial charge is 0.355 e. The molecule has 0 heterocycles. The van der Waals surface area contributed by atoms with Crippen molar-refractivity contribution >= 4 is 62.3 Å². The number of rotatable bonds is 12. The SMILES string of the molecule is CCNC(=O)C(Cc1ccccc1)N(Cc1c(Cl)cccc1Cl)C(=O)CN(c1cc(Cl)ccc1C)S(=O)(=O)c1ccc(C)cc1. The number of likely N-dealkylation sites (N-methyl/N-ethyl adjacent to an activating group) is 1. The molecule has 236 valence electrons. The molecular formula is C34H34Cl3N3O4S. The Morgan fingerprint density at radius 2 is 1.49 bits per heavy atom. The quantitative estimate of drug-likeness (QED) is 0.170. The maximum Gasteiger partial charge on any atom is 0.264 e. The molecule has 0 spiro atoms. The van der Waals surface area contributed by atoms with Gasteiger partial charge >= 0.3 is 0 Å². The summed E-state index contributed by atoms with van der Waals surface area (Å²) < 4.78 is 29.5. The van der Waals surface area contributed by atoms with Crippen LogP contribution in [0, 0.1) is 13.8 Å². The molecule has 0 saturated heterocycles. The fourth-order valence-electron chi connectivity index (χ4n) is 4.90. The Labute approximate surface area is 279 Å². The van der Waals surface area contributed by atoms with Gasteiger partial charge in [-0.25, -0.2) is 8.42 Å². The van der Waals surface area contributed by atoms with Crippen LogP contribution in [-0.4, -0.2) is 44.3 Å². The number of carbonyl (C=O) groups excluding carboxylic acids is 2. The van der Waals surface area contributed by atoms with E-state index >= 15 is 0 Å². The lowest BCUT2D eigenvalue weighted by Gasteiger charge is -2.34. The minimum Gasteiger partial charge on any atom is -0.355 e. The lowest BCUT2D eigenvalue weighted by atomic mass is 10.0. The molecule has 4 aromatic carbocycles. The Bertz CT molecular complexity index is 1750. The minimum absolute atomic E-state index is 0.00513. The molecule has 0 fully saturated rings. The number of nitrogens with one attached hydrogen (secondary N) is 1. The van der Waals surface area contributed by atoms with Crippen molar-refractivity contribution < 1.29 is 18.0 Å². The van der Waals surface area contributed by atoms with Gasteiger partial charge in [-0.2, -0.15) is 0 Å². The molecule has 0 bridgehead atoms. The lowest BCUT2D eigenvalue weighted by Crippen LogP contribution is -2.53. The van der Waals surface area contributed by atoms with Crippen molar-refractivity contribution in [3.05, 3.63) is 128 Å². The Kier molecular flexibility index (Phi) is 11.6. The molecule has 0 aliphatic carbocycles. The van der Waals surface area contributed by atoms with Crippen molar-refractivity contribution in [1.29, 1.82) is 0 Å². The van der Waals surface area contributed by atoms with Crippen LogP contribution in [0.25, 0.3) is 0 Å². The molecule has 7 nitrogen and oxygen atoms in total. The highest BCUT2D eigenvalue weighted by atomic mass is 35.5. The van der Waals surface area contributed by atoms with Gasteiger partial charge in [-0.05, 0) is 68.3 Å². The summed E-state index contributed by atoms with van der Waals surface area (Å²) in [7, 11) is -4.27. The zero-order chi connectivity index (χ0) is 32.7. The fourth-order valence-corrected chi connectivity index (χ4v) is 7.06. The van der Waals surface area contributed by atoms with Crippen molar-refractivity contribution in [2.24, 2.45) is 0 Å². The molecule has 0 aliphatic heterocycles. The van der Waals surface area contributed by atoms with E-state index in [4.69, 9.17) is 34.8 Å². The number of hydrogen-bond donors (Lipinski definition) is 1. The molecular weight excluding hydrogens is 653 g/mol. The average molecular weight is 687 g/mol. The van der Waals surface area contributed by atoms with Crippen LogP contribution in [0.15, 0.2) is 95.9 Å². The van der Waals surface area contributed by atoms with Crippen LogP contribution in [0.4, 0.5) is 5.69 Å². The molecule has 0 saturated carbocycles. The third kappa shape index (κ3) is 8.38. The molecule has 2 amide bonds. The Hall–Kier alpha value is -3.56. The van der Waals surface area contributed by atoms with Crippen molar-refractivity contribution in [1.82, 2.24) is 10.2 Å². The molecule has 0 aliphatic rings. The lowest BCUT2D eigenvalue weighted by molar-refractivity contribution is -0.140. The number of hydrogen-bond acceptors (Lipinski definition) is 4. The first-order chi connectivity index (χ1) is 21.4. The van der Waals surface area contributed by atoms with E-state index in [1.165, 1.54) is 23.1 Å². The average Bonchev–Trinajstić information content (AvgIpc) is 3.01. The molecule has 4 rings (SSSR count). The van der Waals surface area contributed by atoms with Gasteiger partial charge in [0.05, 0.1) is 10.6 Å². The van der Waals surface area contributed by atoms with Crippen LogP contribution in [0.5, 0.6) is 0 Å². The van der Waals surface area contributed by atoms with Gasteiger partial charge in [0.25, 0.3) is 10.0 Å². The first-order valence-electron chi connectivity index (χ1n) is 14.3. The monoisotopic (exact) mass is 685 g/mol. The van der Waals surface area contributed by atoms with E-state index < -0.39 is 34.4 Å². The van der Waals surface area contributed by atoms with Crippen molar-refractivity contribution in [2.45, 2.75) is 44.7 Å². The summed E-state index contributed by atoms with van der Waals surface area (Å²) in [5.74, 6) is -1.03. The first kappa shape index (κ1) is 34.3. The van der Waals surface area contributed by atoms with Crippen LogP contribution in [0.3, 0.4) is 0 Å². The van der Waals surface area contributed by atoms with E-state index in [1.54, 1.807) is 56.3 Å². The second-order valence-electron chi connectivity index (χ2n) is 10.6. The van der Waals surface area contributed by atoms with Gasteiger partial charge in [-0.15, -0.1) is 0 Å². The zero-order valence-corrected chi connectivity index (χ0v) is 28.2. The van der Waals surface area contributed by atoms with Crippen LogP contribution < -0.4 is 9.62 Å². The predicted octanol–water partition coefficient (Wildman–Crippen LogP) is 7.24. The molecule has 1 atom stereocenters. The van der Waals surface area contributed by atoms with Gasteiger partial charge in [0.15, 0.2) is 0 Å². The van der Waals surface area contributed by atoms with Gasteiger partial charge in [0, 0.05) is 40.1 Å². The standard InChI is InChI=1S/C34H34Cl3N3O4S/c1-4-38-34(42)32(19-25-9-6-5-7-10-25)39(21-28-29(36)11-8-12-30(28)37)33(41)22-40(31-20-26(35)16-15-24(31)3)45(43,44)27-17-13-23(2)14-18-27/h5-18,20,32H,4,19,21-22H2,1-3H3,(H,38,42). The number of carbonyl (C=O) groups is 2. The van der Waals surface area contributed by atoms with Gasteiger partial charge in [0.1, 0.15) is 12.6 Å². The smallest absolute Gasteiger partial charge is 0.264 e. The second kappa shape index (κ2) is 15.1. The maximum absolute atomic E-state index is 14.5. The highest BCUT2D eigenvalue weighted by Crippen LogP contribution is 2.31. The molecule has 0 radical (unpaired) electrons. The zero-order valence-electron chi connectivity index (χ0n) is 25.1. The fraction of sp³-hybridized carbons (Fsp3) is 0.235. The van der Waals surface area contributed by atoms with Crippen molar-refractivity contribution in [3.8, 4) is 0 Å². The molecule has 11 heteroatoms. The van der Waals surface area contributed by atoms with E-state index in [2.05, 4.69) is 5.32 Å². The molecule has 0 aromatic heterocycles. The topological polar surface area (TPSA) is 86.8 Å². The summed E-state index contributed by atoms with van der Waals surface area (Å²) in [6.45, 7) is 4.94. The first-order valence-corrected chi connectivity index (χ1v) is 16.9. The number of aryl methyl sites for hydroxylation is 2. The Morgan fingerprint density at radius 3 is 2.11 bits per heavy atom. The van der Waals surface area contributed by atoms with E-state index in [1.807, 2.05) is 37.3 Å². The van der Waals surface area contributed by atoms with E-state index in [9.17, 15) is 18.0 Å². The summed E-state index contributed by atoms with van der Waals surface area (Å²) in [4.78, 5) is 29.5. The van der Waals surface area contributed by atoms with Gasteiger partial charge < -0.3 is 10.2 Å². The number of benzene rings is 4. The summed E-state index contributed by atoms with van der Waals surface area (Å²) in [5.41, 5.74) is 2.96. The van der Waals surface area contributed by atoms with Crippen LogP contribution in [-0.2, 0) is 32.6 Å². The van der Waals surface area contributed by atoms with Crippen LogP contribution in [0.1, 0.15) is 29.2 Å². The van der Waals surface area contributed by atoms with Crippen molar-refractivity contribution in [3.63, 3.8) is 0 Å². The normalized spacial score (nSPS) is 12.0. The van der Waals surface area contributed by atoms with E-state index in [0.717, 1.165) is 15.4 Å². The summed E-state index contributed by atoms with van der Waals surface area (Å²) in [6.07, 6.45) is 0.168. The Morgan fingerprint density at radius 1 is 0.844 bits per heavy atom. The minimum atomic E-state index is -4.27. The highest BCUT2D eigenvalue weighted by molar-refractivity contribution is 7.92. The summed E-state index contributed by atoms with van der Waals surface area (Å²) in [6, 6.07) is 24.5. The Balaban J connectivity index is 1.86. The summed E-state index contributed by atoms with van der Waals surface area (Å²) in [5, 5.41) is 3.75. The van der Waals surface area contributed by atoms with Crippen molar-refractivity contribution in [2.75, 3.05) is 17.4 Å². The second-order valence-corrected chi connectivity index (χ2v) is 13.7. The predicted molar refractivity (Wildman–Crippen MR) is 182 cm³/mol. The van der Waals surface area contributed by atoms with Crippen LogP contribution in [0.2, 0.25) is 15.1 Å². The molecule has 1 N–H and O–H groups in total. The summed E-state index contributed by atoms with van der Waals surface area (Å²) >= 11 is 19.4. The third-order valence-corrected chi connectivity index (χ3v) is 10.1. The highest BCUT2D eigenvalue weighted by Gasteiger charge is 2.35. The third-order valence-electron chi connectivity index (χ3n) is 7.34. The van der Waals surface area contributed by atoms with Gasteiger partial charge in [0.2, 0.25) is 11.8 Å². The van der Waals surface area contributed by atoms with E-state index in [0.29, 0.717) is 32.7 Å². The molecule has 1 unspecified atom stereocenters. The number of amides is 2. The van der Waals surface area contributed by atoms with Gasteiger partial charge in [-0.1, -0.05) is 95.0 Å². The number of nitrogens with zero attached hydrogens (tertiary/aromatic N) is 2. The molecule has 45 heavy (non-hydrogen) atoms. The number of anilines is 1. The van der Waals surface area contributed by atoms with Gasteiger partial charge in [-0.3, -0.25) is 13.9 Å². The number of halogens is 3. The maximum atomic E-state index is 14.5. The van der Waals surface area contributed by atoms with Crippen LogP contribution >= 0.6 is 34.8 Å². The molecule has 4 aromatic rings.